The van der Waals surface area contributed by atoms with E-state index in [1.807, 2.05) is 0 Å². The highest BCUT2D eigenvalue weighted by Crippen LogP contribution is 2.21. The highest BCUT2D eigenvalue weighted by molar-refractivity contribution is 5.33. The summed E-state index contributed by atoms with van der Waals surface area (Å²) in [6, 6.07) is 6.63. The Hall–Kier alpha value is -0.860. The molecule has 2 heteroatoms. The number of likely N-dealkylation sites (tertiary alicyclic amines) is 1. The van der Waals surface area contributed by atoms with Gasteiger partial charge in [0.1, 0.15) is 0 Å². The molecule has 0 radical (unpaired) electrons. The summed E-state index contributed by atoms with van der Waals surface area (Å²) in [7, 11) is 2.06. The lowest BCUT2D eigenvalue weighted by molar-refractivity contribution is 0.166. The molecule has 18 heavy (non-hydrogen) atoms. The molecule has 1 heterocycles. The molecule has 0 amide bonds. The number of nitrogens with zero attached hydrogens (tertiary/aromatic N) is 1. The second kappa shape index (κ2) is 6.35. The summed E-state index contributed by atoms with van der Waals surface area (Å²) in [6.45, 7) is 9.25. The Morgan fingerprint density at radius 2 is 2.00 bits per heavy atom. The van der Waals surface area contributed by atoms with E-state index in [0.717, 1.165) is 19.0 Å². The van der Waals surface area contributed by atoms with Gasteiger partial charge in [-0.25, -0.2) is 0 Å². The van der Waals surface area contributed by atoms with Crippen LogP contribution in [0.25, 0.3) is 0 Å². The Morgan fingerprint density at radius 3 is 2.67 bits per heavy atom. The van der Waals surface area contributed by atoms with Crippen molar-refractivity contribution in [2.75, 3.05) is 26.7 Å². The van der Waals surface area contributed by atoms with Crippen molar-refractivity contribution in [1.82, 2.24) is 10.2 Å². The number of benzene rings is 1. The minimum Gasteiger partial charge on any atom is -0.319 e. The third-order valence-corrected chi connectivity index (χ3v) is 4.12. The molecule has 1 unspecified atom stereocenters. The van der Waals surface area contributed by atoms with E-state index >= 15 is 0 Å². The first-order chi connectivity index (χ1) is 8.70. The van der Waals surface area contributed by atoms with E-state index in [4.69, 9.17) is 0 Å². The van der Waals surface area contributed by atoms with Gasteiger partial charge < -0.3 is 5.32 Å². The first kappa shape index (κ1) is 13.6. The quantitative estimate of drug-likeness (QED) is 0.879. The molecule has 2 nitrogen and oxygen atoms in total. The molecule has 0 bridgehead atoms. The van der Waals surface area contributed by atoms with Crippen LogP contribution in [0.15, 0.2) is 18.2 Å². The molecule has 0 aliphatic carbocycles. The van der Waals surface area contributed by atoms with Crippen LogP contribution in [-0.2, 0) is 6.54 Å². The molecule has 0 aromatic heterocycles. The van der Waals surface area contributed by atoms with Gasteiger partial charge in [0, 0.05) is 13.1 Å². The summed E-state index contributed by atoms with van der Waals surface area (Å²) in [5.74, 6) is 0.827. The van der Waals surface area contributed by atoms with Crippen molar-refractivity contribution in [1.29, 1.82) is 0 Å². The highest BCUT2D eigenvalue weighted by Gasteiger charge is 2.20. The van der Waals surface area contributed by atoms with Gasteiger partial charge in [0.15, 0.2) is 0 Å². The summed E-state index contributed by atoms with van der Waals surface area (Å²) in [5.41, 5.74) is 4.40. The smallest absolute Gasteiger partial charge is 0.0239 e. The van der Waals surface area contributed by atoms with Gasteiger partial charge in [-0.05, 0) is 69.4 Å². The summed E-state index contributed by atoms with van der Waals surface area (Å²) in [6.07, 6.45) is 2.72. The third-order valence-electron chi connectivity index (χ3n) is 4.12. The number of rotatable bonds is 4. The second-order valence-electron chi connectivity index (χ2n) is 5.67. The van der Waals surface area contributed by atoms with Crippen LogP contribution < -0.4 is 5.32 Å². The molecule has 0 spiro atoms. The number of piperidine rings is 1. The van der Waals surface area contributed by atoms with Gasteiger partial charge in [0.05, 0.1) is 0 Å². The fourth-order valence-corrected chi connectivity index (χ4v) is 3.07. The van der Waals surface area contributed by atoms with Crippen LogP contribution >= 0.6 is 0 Å². The lowest BCUT2D eigenvalue weighted by Crippen LogP contribution is -2.38. The number of aryl methyl sites for hydroxylation is 2. The fourth-order valence-electron chi connectivity index (χ4n) is 3.07. The monoisotopic (exact) mass is 246 g/mol. The third kappa shape index (κ3) is 3.33. The number of hydrogen-bond acceptors (Lipinski definition) is 2. The maximum Gasteiger partial charge on any atom is 0.0239 e. The van der Waals surface area contributed by atoms with Crippen molar-refractivity contribution < 1.29 is 0 Å². The van der Waals surface area contributed by atoms with Crippen LogP contribution in [0.2, 0.25) is 0 Å². The Kier molecular flexibility index (Phi) is 4.79. The van der Waals surface area contributed by atoms with Gasteiger partial charge in [-0.15, -0.1) is 0 Å². The minimum absolute atomic E-state index is 0.827. The van der Waals surface area contributed by atoms with E-state index < -0.39 is 0 Å². The zero-order chi connectivity index (χ0) is 13.0. The summed E-state index contributed by atoms with van der Waals surface area (Å²) < 4.78 is 0. The van der Waals surface area contributed by atoms with Gasteiger partial charge in [0.2, 0.25) is 0 Å². The van der Waals surface area contributed by atoms with Crippen LogP contribution in [0.3, 0.4) is 0 Å². The van der Waals surface area contributed by atoms with Gasteiger partial charge in [-0.3, -0.25) is 4.90 Å². The average molecular weight is 246 g/mol. The van der Waals surface area contributed by atoms with E-state index in [1.54, 1.807) is 0 Å². The SMILES string of the molecule is CNCC1CCCN(Cc2c(C)cccc2C)C1. The van der Waals surface area contributed by atoms with Crippen molar-refractivity contribution in [2.45, 2.75) is 33.2 Å². The molecule has 1 aromatic rings. The highest BCUT2D eigenvalue weighted by atomic mass is 15.1. The van der Waals surface area contributed by atoms with E-state index in [0.29, 0.717) is 0 Å². The van der Waals surface area contributed by atoms with Crippen molar-refractivity contribution in [3.63, 3.8) is 0 Å². The van der Waals surface area contributed by atoms with Crippen LogP contribution in [0.1, 0.15) is 29.5 Å². The first-order valence-electron chi connectivity index (χ1n) is 7.12. The topological polar surface area (TPSA) is 15.3 Å². The van der Waals surface area contributed by atoms with Gasteiger partial charge in [-0.2, -0.15) is 0 Å². The molecule has 1 N–H and O–H groups in total. The summed E-state index contributed by atoms with van der Waals surface area (Å²) in [4.78, 5) is 2.63. The molecule has 2 rings (SSSR count). The van der Waals surface area contributed by atoms with Crippen LogP contribution in [0, 0.1) is 19.8 Å². The molecule has 1 aliphatic heterocycles. The standard InChI is InChI=1S/C16H26N2/c1-13-6-4-7-14(2)16(13)12-18-9-5-8-15(11-18)10-17-3/h4,6-7,15,17H,5,8-12H2,1-3H3. The van der Waals surface area contributed by atoms with E-state index in [2.05, 4.69) is 49.3 Å². The Morgan fingerprint density at radius 1 is 1.28 bits per heavy atom. The molecule has 1 aliphatic rings. The molecule has 100 valence electrons. The Balaban J connectivity index is 2.00. The first-order valence-corrected chi connectivity index (χ1v) is 7.12. The average Bonchev–Trinajstić information content (AvgIpc) is 2.35. The number of hydrogen-bond donors (Lipinski definition) is 1. The van der Waals surface area contributed by atoms with Crippen molar-refractivity contribution in [3.8, 4) is 0 Å². The summed E-state index contributed by atoms with van der Waals surface area (Å²) >= 11 is 0. The van der Waals surface area contributed by atoms with E-state index in [9.17, 15) is 0 Å². The maximum atomic E-state index is 3.32. The van der Waals surface area contributed by atoms with Crippen LogP contribution in [0.4, 0.5) is 0 Å². The largest absolute Gasteiger partial charge is 0.319 e. The van der Waals surface area contributed by atoms with E-state index in [1.165, 1.54) is 42.6 Å². The normalized spacial score (nSPS) is 21.2. The van der Waals surface area contributed by atoms with Crippen molar-refractivity contribution >= 4 is 0 Å². The molecular weight excluding hydrogens is 220 g/mol. The van der Waals surface area contributed by atoms with Gasteiger partial charge in [-0.1, -0.05) is 18.2 Å². The predicted molar refractivity (Wildman–Crippen MR) is 77.8 cm³/mol. The van der Waals surface area contributed by atoms with Gasteiger partial charge >= 0.3 is 0 Å². The fraction of sp³-hybridized carbons (Fsp3) is 0.625. The molecule has 0 saturated carbocycles. The molecular formula is C16H26N2. The maximum absolute atomic E-state index is 3.32. The van der Waals surface area contributed by atoms with Crippen LogP contribution in [0.5, 0.6) is 0 Å². The summed E-state index contributed by atoms with van der Waals surface area (Å²) in [5, 5.41) is 3.32. The lowest BCUT2D eigenvalue weighted by Gasteiger charge is -2.33. The van der Waals surface area contributed by atoms with Crippen molar-refractivity contribution in [3.05, 3.63) is 34.9 Å². The Labute approximate surface area is 111 Å². The molecule has 1 atom stereocenters. The lowest BCUT2D eigenvalue weighted by atomic mass is 9.96. The van der Waals surface area contributed by atoms with Crippen molar-refractivity contribution in [2.24, 2.45) is 5.92 Å². The molecule has 1 fully saturated rings. The zero-order valence-electron chi connectivity index (χ0n) is 12.0. The molecule has 1 aromatic carbocycles. The second-order valence-corrected chi connectivity index (χ2v) is 5.67. The van der Waals surface area contributed by atoms with E-state index in [-0.39, 0.29) is 0 Å². The van der Waals surface area contributed by atoms with Crippen LogP contribution in [-0.4, -0.2) is 31.6 Å². The predicted octanol–water partition coefficient (Wildman–Crippen LogP) is 2.73. The minimum atomic E-state index is 0.827. The molecule has 1 saturated heterocycles. The Bertz CT molecular complexity index is 364. The van der Waals surface area contributed by atoms with Gasteiger partial charge in [0.25, 0.3) is 0 Å². The number of nitrogens with one attached hydrogen (secondary N) is 1. The zero-order valence-corrected chi connectivity index (χ0v) is 12.0.